The summed E-state index contributed by atoms with van der Waals surface area (Å²) in [6, 6.07) is 0. The second-order valence-electron chi connectivity index (χ2n) is 2.73. The molecule has 0 aliphatic rings. The molecule has 0 heterocycles. The predicted molar refractivity (Wildman–Crippen MR) is 44.9 cm³/mol. The predicted octanol–water partition coefficient (Wildman–Crippen LogP) is 1.18. The van der Waals surface area contributed by atoms with Gasteiger partial charge in [-0.05, 0) is 0 Å². The molecule has 0 radical (unpaired) electrons. The van der Waals surface area contributed by atoms with Crippen LogP contribution in [0.2, 0.25) is 0 Å². The molecule has 0 saturated heterocycles. The minimum absolute atomic E-state index is 0.0154. The summed E-state index contributed by atoms with van der Waals surface area (Å²) in [6.45, 7) is 3.87. The maximum absolute atomic E-state index is 5.71. The molecule has 0 bridgehead atoms. The monoisotopic (exact) mass is 378 g/mol. The number of hydrogen-bond acceptors (Lipinski definition) is 2. The zero-order valence-electron chi connectivity index (χ0n) is 6.46. The molecule has 0 spiro atoms. The first-order valence-electron chi connectivity index (χ1n) is 3.29. The summed E-state index contributed by atoms with van der Waals surface area (Å²) in [5, 5.41) is 0. The van der Waals surface area contributed by atoms with E-state index >= 15 is 0 Å². The Morgan fingerprint density at radius 1 is 1.36 bits per heavy atom. The summed E-state index contributed by atoms with van der Waals surface area (Å²) in [4.78, 5) is 0. The van der Waals surface area contributed by atoms with Crippen LogP contribution in [0, 0.1) is 11.8 Å². The average molecular weight is 379 g/mol. The molecule has 0 aliphatic heterocycles. The third-order valence-electron chi connectivity index (χ3n) is 1.87. The summed E-state index contributed by atoms with van der Waals surface area (Å²) in [6.07, 6.45) is 0. The zero-order chi connectivity index (χ0) is 9.23. The normalized spacial score (nSPS) is 21.1. The Kier molecular flexibility index (Phi) is 4.91. The van der Waals surface area contributed by atoms with Crippen molar-refractivity contribution in [1.29, 1.82) is 0 Å². The van der Waals surface area contributed by atoms with Gasteiger partial charge in [0.05, 0.1) is 0 Å². The van der Waals surface area contributed by atoms with Crippen LogP contribution in [0.4, 0.5) is 0 Å². The van der Waals surface area contributed by atoms with Crippen molar-refractivity contribution in [1.82, 2.24) is 0 Å². The molecule has 3 atom stereocenters. The fraction of sp³-hybridized carbons (Fsp3) is 1.00. The Balaban J connectivity index is 4.13. The van der Waals surface area contributed by atoms with Gasteiger partial charge in [-0.15, -0.1) is 0 Å². The van der Waals surface area contributed by atoms with E-state index in [1.165, 1.54) is 0 Å². The van der Waals surface area contributed by atoms with Gasteiger partial charge in [0, 0.05) is 0 Å². The fourth-order valence-corrected chi connectivity index (χ4v) is 1.66. The van der Waals surface area contributed by atoms with Gasteiger partial charge in [-0.25, -0.2) is 0 Å². The van der Waals surface area contributed by atoms with Crippen molar-refractivity contribution in [3.63, 3.8) is 0 Å². The molecule has 0 aromatic rings. The molecule has 2 nitrogen and oxygen atoms in total. The van der Waals surface area contributed by atoms with Gasteiger partial charge in [0.15, 0.2) is 0 Å². The number of alkyl halides is 2. The third-order valence-corrected chi connectivity index (χ3v) is 3.75. The standard InChI is InChI=1S/C6H13Cl2N2.Pt/c1-4(3-9)5(2)6(7,8)10;/h3-5H,9-10H2,1-2H3;. The SMILES string of the molecule is CC([CH](N)[Pt])C(C)C(N)(Cl)Cl. The van der Waals surface area contributed by atoms with Crippen LogP contribution in [-0.2, 0) is 19.8 Å². The van der Waals surface area contributed by atoms with E-state index in [1.807, 2.05) is 13.8 Å². The molecular weight excluding hydrogens is 366 g/mol. The molecule has 3 unspecified atom stereocenters. The van der Waals surface area contributed by atoms with Crippen LogP contribution in [0.25, 0.3) is 0 Å². The van der Waals surface area contributed by atoms with Crippen LogP contribution < -0.4 is 11.5 Å². The molecule has 5 heteroatoms. The summed E-state index contributed by atoms with van der Waals surface area (Å²) in [5.41, 5.74) is 11.1. The molecule has 0 rings (SSSR count). The fourth-order valence-electron chi connectivity index (χ4n) is 0.608. The van der Waals surface area contributed by atoms with Crippen molar-refractivity contribution < 1.29 is 19.8 Å². The van der Waals surface area contributed by atoms with Crippen LogP contribution in [-0.4, -0.2) is 8.89 Å². The Hall–Kier alpha value is 1.19. The molecule has 0 aromatic heterocycles. The van der Waals surface area contributed by atoms with Gasteiger partial charge in [-0.1, -0.05) is 0 Å². The summed E-state index contributed by atoms with van der Waals surface area (Å²) in [5.74, 6) is 0.190. The number of hydrogen-bond donors (Lipinski definition) is 2. The molecule has 11 heavy (non-hydrogen) atoms. The second-order valence-corrected chi connectivity index (χ2v) is 5.68. The summed E-state index contributed by atoms with van der Waals surface area (Å²) >= 11 is 13.5. The zero-order valence-corrected chi connectivity index (χ0v) is 10.2. The topological polar surface area (TPSA) is 52.0 Å². The molecule has 0 amide bonds. The van der Waals surface area contributed by atoms with Crippen LogP contribution in [0.5, 0.6) is 0 Å². The Bertz CT molecular complexity index is 124. The van der Waals surface area contributed by atoms with Crippen LogP contribution in [0.1, 0.15) is 13.8 Å². The Labute approximate surface area is 88.9 Å². The molecule has 0 aromatic carbocycles. The average Bonchev–Trinajstić information content (AvgIpc) is 1.82. The van der Waals surface area contributed by atoms with Crippen LogP contribution in [0.3, 0.4) is 0 Å². The van der Waals surface area contributed by atoms with E-state index in [1.54, 1.807) is 0 Å². The first-order chi connectivity index (χ1) is 4.76. The van der Waals surface area contributed by atoms with E-state index in [9.17, 15) is 0 Å². The van der Waals surface area contributed by atoms with E-state index in [4.69, 9.17) is 34.7 Å². The molecular formula is C6H13Cl2N2Pt. The van der Waals surface area contributed by atoms with Gasteiger partial charge < -0.3 is 0 Å². The maximum atomic E-state index is 5.71. The van der Waals surface area contributed by atoms with Crippen LogP contribution >= 0.6 is 23.2 Å². The van der Waals surface area contributed by atoms with E-state index in [0.29, 0.717) is 0 Å². The van der Waals surface area contributed by atoms with E-state index in [-0.39, 0.29) is 16.3 Å². The van der Waals surface area contributed by atoms with Gasteiger partial charge in [0.1, 0.15) is 0 Å². The third kappa shape index (κ3) is 4.09. The Morgan fingerprint density at radius 3 is 1.82 bits per heavy atom. The quantitative estimate of drug-likeness (QED) is 0.572. The molecule has 0 aliphatic carbocycles. The first-order valence-corrected chi connectivity index (χ1v) is 5.36. The van der Waals surface area contributed by atoms with Gasteiger partial charge in [-0.3, -0.25) is 0 Å². The summed E-state index contributed by atoms with van der Waals surface area (Å²) in [7, 11) is 0. The van der Waals surface area contributed by atoms with Gasteiger partial charge in [-0.2, -0.15) is 0 Å². The van der Waals surface area contributed by atoms with Crippen molar-refractivity contribution in [2.24, 2.45) is 23.3 Å². The number of nitrogens with two attached hydrogens (primary N) is 2. The molecule has 4 N–H and O–H groups in total. The van der Waals surface area contributed by atoms with Gasteiger partial charge in [0.2, 0.25) is 0 Å². The van der Waals surface area contributed by atoms with E-state index < -0.39 is 4.46 Å². The second kappa shape index (κ2) is 4.43. The van der Waals surface area contributed by atoms with Gasteiger partial charge >= 0.3 is 89.1 Å². The van der Waals surface area contributed by atoms with Crippen molar-refractivity contribution in [3.05, 3.63) is 0 Å². The van der Waals surface area contributed by atoms with Crippen LogP contribution in [0.15, 0.2) is 0 Å². The molecule has 71 valence electrons. The van der Waals surface area contributed by atoms with Gasteiger partial charge in [0.25, 0.3) is 0 Å². The minimum atomic E-state index is -1.18. The first kappa shape index (κ1) is 12.2. The molecule has 0 saturated carbocycles. The summed E-state index contributed by atoms with van der Waals surface area (Å²) < 4.78 is -1.15. The Morgan fingerprint density at radius 2 is 1.73 bits per heavy atom. The van der Waals surface area contributed by atoms with Crippen molar-refractivity contribution in [2.75, 3.05) is 0 Å². The van der Waals surface area contributed by atoms with E-state index in [2.05, 4.69) is 19.8 Å². The van der Waals surface area contributed by atoms with E-state index in [0.717, 1.165) is 0 Å². The van der Waals surface area contributed by atoms with Crippen molar-refractivity contribution in [3.8, 4) is 0 Å². The number of rotatable bonds is 3. The number of halogens is 2. The van der Waals surface area contributed by atoms with Crippen molar-refractivity contribution in [2.45, 2.75) is 22.7 Å². The molecule has 0 fully saturated rings. The van der Waals surface area contributed by atoms with Crippen molar-refractivity contribution >= 4 is 23.2 Å².